The number of halogens is 1. The highest BCUT2D eigenvalue weighted by molar-refractivity contribution is 14.1. The van der Waals surface area contributed by atoms with Gasteiger partial charge < -0.3 is 10.2 Å². The Kier molecular flexibility index (Phi) is 3.98. The summed E-state index contributed by atoms with van der Waals surface area (Å²) in [6.45, 7) is 3.89. The van der Waals surface area contributed by atoms with E-state index < -0.39 is 0 Å². The molecule has 1 N–H and O–H groups in total. The first-order chi connectivity index (χ1) is 8.06. The number of nitrogens with one attached hydrogen (secondary N) is 1. The molecular weight excluding hydrogens is 329 g/mol. The summed E-state index contributed by atoms with van der Waals surface area (Å²) in [7, 11) is 2.07. The van der Waals surface area contributed by atoms with Crippen LogP contribution in [0.25, 0.3) is 0 Å². The number of carbonyl (C=O) groups excluding carboxylic acids is 1. The number of likely N-dealkylation sites (N-methyl/N-ethyl adjacent to an activating group) is 1. The minimum absolute atomic E-state index is 0.0650. The van der Waals surface area contributed by atoms with Crippen LogP contribution < -0.4 is 5.32 Å². The first-order valence-electron chi connectivity index (χ1n) is 5.69. The maximum atomic E-state index is 12.0. The lowest BCUT2D eigenvalue weighted by molar-refractivity contribution is 0.0933. The van der Waals surface area contributed by atoms with Gasteiger partial charge in [-0.2, -0.15) is 0 Å². The monoisotopic (exact) mass is 345 g/mol. The van der Waals surface area contributed by atoms with Crippen molar-refractivity contribution in [2.75, 3.05) is 20.1 Å². The van der Waals surface area contributed by atoms with Gasteiger partial charge in [-0.1, -0.05) is 0 Å². The van der Waals surface area contributed by atoms with Crippen molar-refractivity contribution in [2.45, 2.75) is 19.4 Å². The highest BCUT2D eigenvalue weighted by Crippen LogP contribution is 2.11. The van der Waals surface area contributed by atoms with E-state index >= 15 is 0 Å². The second kappa shape index (κ2) is 5.30. The number of hydrogen-bond donors (Lipinski definition) is 1. The molecule has 1 aromatic heterocycles. The zero-order valence-corrected chi connectivity index (χ0v) is 12.2. The van der Waals surface area contributed by atoms with Gasteiger partial charge in [0.05, 0.1) is 5.69 Å². The van der Waals surface area contributed by atoms with E-state index in [1.54, 1.807) is 6.07 Å². The quantitative estimate of drug-likeness (QED) is 0.825. The SMILES string of the molecule is Cc1nc(C(=O)N[C@H]2CCN(C)C2)ccc1I. The van der Waals surface area contributed by atoms with Gasteiger partial charge in [0, 0.05) is 16.2 Å². The average Bonchev–Trinajstić information content (AvgIpc) is 2.68. The predicted molar refractivity (Wildman–Crippen MR) is 75.1 cm³/mol. The van der Waals surface area contributed by atoms with Gasteiger partial charge in [0.1, 0.15) is 5.69 Å². The third-order valence-corrected chi connectivity index (χ3v) is 4.12. The number of hydrogen-bond acceptors (Lipinski definition) is 3. The molecule has 0 bridgehead atoms. The van der Waals surface area contributed by atoms with E-state index in [0.717, 1.165) is 28.8 Å². The molecule has 17 heavy (non-hydrogen) atoms. The molecule has 0 aromatic carbocycles. The third kappa shape index (κ3) is 3.16. The van der Waals surface area contributed by atoms with Crippen LogP contribution in [-0.2, 0) is 0 Å². The molecule has 0 spiro atoms. The Morgan fingerprint density at radius 3 is 2.94 bits per heavy atom. The van der Waals surface area contributed by atoms with Crippen molar-refractivity contribution in [2.24, 2.45) is 0 Å². The standard InChI is InChI=1S/C12H16IN3O/c1-8-10(13)3-4-11(14-8)12(17)15-9-5-6-16(2)7-9/h3-4,9H,5-7H2,1-2H3,(H,15,17)/t9-/m0/s1. The largest absolute Gasteiger partial charge is 0.347 e. The fourth-order valence-electron chi connectivity index (χ4n) is 1.98. The molecule has 1 amide bonds. The molecule has 5 heteroatoms. The van der Waals surface area contributed by atoms with Crippen LogP contribution >= 0.6 is 22.6 Å². The fourth-order valence-corrected chi connectivity index (χ4v) is 2.28. The van der Waals surface area contributed by atoms with Crippen LogP contribution in [0.3, 0.4) is 0 Å². The normalized spacial score (nSPS) is 20.5. The lowest BCUT2D eigenvalue weighted by Gasteiger charge is -2.12. The van der Waals surface area contributed by atoms with Crippen molar-refractivity contribution >= 4 is 28.5 Å². The lowest BCUT2D eigenvalue weighted by atomic mass is 10.2. The second-order valence-electron chi connectivity index (χ2n) is 4.49. The van der Waals surface area contributed by atoms with Crippen molar-refractivity contribution in [3.8, 4) is 0 Å². The number of amides is 1. The van der Waals surface area contributed by atoms with Crippen molar-refractivity contribution in [1.82, 2.24) is 15.2 Å². The van der Waals surface area contributed by atoms with Crippen LogP contribution in [0.1, 0.15) is 22.6 Å². The van der Waals surface area contributed by atoms with Crippen molar-refractivity contribution < 1.29 is 4.79 Å². The molecule has 92 valence electrons. The van der Waals surface area contributed by atoms with Crippen LogP contribution in [0.15, 0.2) is 12.1 Å². The minimum Gasteiger partial charge on any atom is -0.347 e. The maximum Gasteiger partial charge on any atom is 0.270 e. The van der Waals surface area contributed by atoms with E-state index in [0.29, 0.717) is 5.69 Å². The topological polar surface area (TPSA) is 45.2 Å². The average molecular weight is 345 g/mol. The van der Waals surface area contributed by atoms with Gasteiger partial charge in [0.2, 0.25) is 0 Å². The van der Waals surface area contributed by atoms with Crippen molar-refractivity contribution in [1.29, 1.82) is 0 Å². The zero-order valence-electron chi connectivity index (χ0n) is 10.0. The number of aromatic nitrogens is 1. The van der Waals surface area contributed by atoms with E-state index in [9.17, 15) is 4.79 Å². The Hall–Kier alpha value is -0.690. The molecule has 1 saturated heterocycles. The number of likely N-dealkylation sites (tertiary alicyclic amines) is 1. The summed E-state index contributed by atoms with van der Waals surface area (Å²) in [5.74, 6) is -0.0650. The first kappa shape index (κ1) is 12.8. The van der Waals surface area contributed by atoms with Gasteiger partial charge in [-0.05, 0) is 61.7 Å². The molecule has 1 atom stereocenters. The molecule has 2 rings (SSSR count). The number of pyridine rings is 1. The summed E-state index contributed by atoms with van der Waals surface area (Å²) in [5, 5.41) is 3.03. The molecule has 1 aliphatic heterocycles. The Balaban J connectivity index is 2.02. The molecule has 0 saturated carbocycles. The smallest absolute Gasteiger partial charge is 0.270 e. The molecule has 1 fully saturated rings. The highest BCUT2D eigenvalue weighted by atomic mass is 127. The van der Waals surface area contributed by atoms with Gasteiger partial charge >= 0.3 is 0 Å². The number of rotatable bonds is 2. The van der Waals surface area contributed by atoms with Gasteiger partial charge in [-0.25, -0.2) is 4.98 Å². The second-order valence-corrected chi connectivity index (χ2v) is 5.65. The summed E-state index contributed by atoms with van der Waals surface area (Å²) in [6.07, 6.45) is 1.02. The van der Waals surface area contributed by atoms with Crippen molar-refractivity contribution in [3.63, 3.8) is 0 Å². The van der Waals surface area contributed by atoms with E-state index in [2.05, 4.69) is 44.8 Å². The van der Waals surface area contributed by atoms with E-state index in [1.807, 2.05) is 13.0 Å². The summed E-state index contributed by atoms with van der Waals surface area (Å²) in [5.41, 5.74) is 1.42. The molecule has 4 nitrogen and oxygen atoms in total. The molecular formula is C12H16IN3O. The molecule has 0 radical (unpaired) electrons. The Labute approximate surface area is 115 Å². The van der Waals surface area contributed by atoms with E-state index in [4.69, 9.17) is 0 Å². The summed E-state index contributed by atoms with van der Waals surface area (Å²) < 4.78 is 1.08. The van der Waals surface area contributed by atoms with Crippen molar-refractivity contribution in [3.05, 3.63) is 27.1 Å². The minimum atomic E-state index is -0.0650. The Morgan fingerprint density at radius 2 is 2.35 bits per heavy atom. The number of aryl methyl sites for hydroxylation is 1. The molecule has 0 aliphatic carbocycles. The summed E-state index contributed by atoms with van der Waals surface area (Å²) >= 11 is 2.22. The van der Waals surface area contributed by atoms with E-state index in [1.165, 1.54) is 0 Å². The number of nitrogens with zero attached hydrogens (tertiary/aromatic N) is 2. The van der Waals surface area contributed by atoms with Crippen LogP contribution in [0.5, 0.6) is 0 Å². The lowest BCUT2D eigenvalue weighted by Crippen LogP contribution is -2.37. The third-order valence-electron chi connectivity index (χ3n) is 2.98. The van der Waals surface area contributed by atoms with E-state index in [-0.39, 0.29) is 11.9 Å². The highest BCUT2D eigenvalue weighted by Gasteiger charge is 2.22. The zero-order chi connectivity index (χ0) is 12.4. The molecule has 1 aromatic rings. The molecule has 1 aliphatic rings. The maximum absolute atomic E-state index is 12.0. The van der Waals surface area contributed by atoms with Gasteiger partial charge in [-0.3, -0.25) is 4.79 Å². The van der Waals surface area contributed by atoms with Crippen LogP contribution in [0, 0.1) is 10.5 Å². The van der Waals surface area contributed by atoms with Crippen LogP contribution in [0.4, 0.5) is 0 Å². The molecule has 2 heterocycles. The van der Waals surface area contributed by atoms with Gasteiger partial charge in [0.25, 0.3) is 5.91 Å². The Morgan fingerprint density at radius 1 is 1.59 bits per heavy atom. The van der Waals surface area contributed by atoms with Gasteiger partial charge in [-0.15, -0.1) is 0 Å². The number of carbonyl (C=O) groups is 1. The molecule has 0 unspecified atom stereocenters. The Bertz CT molecular complexity index is 436. The summed E-state index contributed by atoms with van der Waals surface area (Å²) in [6, 6.07) is 3.97. The van der Waals surface area contributed by atoms with Gasteiger partial charge in [0.15, 0.2) is 0 Å². The fraction of sp³-hybridized carbons (Fsp3) is 0.500. The first-order valence-corrected chi connectivity index (χ1v) is 6.76. The summed E-state index contributed by atoms with van der Waals surface area (Å²) in [4.78, 5) is 18.5. The van der Waals surface area contributed by atoms with Crippen LogP contribution in [-0.4, -0.2) is 42.0 Å². The predicted octanol–water partition coefficient (Wildman–Crippen LogP) is 1.43. The van der Waals surface area contributed by atoms with Crippen LogP contribution in [0.2, 0.25) is 0 Å².